The Morgan fingerprint density at radius 1 is 1.10 bits per heavy atom. The van der Waals surface area contributed by atoms with E-state index in [0.29, 0.717) is 12.2 Å². The highest BCUT2D eigenvalue weighted by Gasteiger charge is 2.37. The van der Waals surface area contributed by atoms with Gasteiger partial charge in [0.2, 0.25) is 0 Å². The van der Waals surface area contributed by atoms with Crippen LogP contribution in [0.3, 0.4) is 0 Å². The van der Waals surface area contributed by atoms with E-state index in [9.17, 15) is 9.90 Å². The number of rotatable bonds is 12. The van der Waals surface area contributed by atoms with Gasteiger partial charge in [-0.05, 0) is 29.5 Å². The molecule has 0 radical (unpaired) electrons. The standard InChI is InChI=1S/C19H24ClN3O5S3/c1-19(2,17(18(24)25)23-16-8-15(20)21-10-22-16)9-12-13(30-27-4)6-11(29-26-3)7-14(12)31-28-5/h6-8,10,17H,9H2,1-5H3,(H,24,25)(H,21,22,23)/t17-/m0/s1. The number of aliphatic carboxylic acids is 1. The molecule has 2 aromatic rings. The van der Waals surface area contributed by atoms with Crippen LogP contribution in [0.4, 0.5) is 5.82 Å². The Labute approximate surface area is 199 Å². The summed E-state index contributed by atoms with van der Waals surface area (Å²) in [5.41, 5.74) is 0.184. The van der Waals surface area contributed by atoms with Crippen molar-refractivity contribution < 1.29 is 22.5 Å². The molecule has 0 saturated carbocycles. The molecule has 0 bridgehead atoms. The van der Waals surface area contributed by atoms with Crippen molar-refractivity contribution >= 4 is 59.5 Å². The molecule has 12 heteroatoms. The zero-order valence-corrected chi connectivity index (χ0v) is 20.9. The van der Waals surface area contributed by atoms with Crippen LogP contribution in [0.2, 0.25) is 5.15 Å². The minimum atomic E-state index is -1.01. The number of halogens is 1. The molecule has 0 fully saturated rings. The predicted molar refractivity (Wildman–Crippen MR) is 125 cm³/mol. The average molecular weight is 506 g/mol. The first-order chi connectivity index (χ1) is 14.7. The van der Waals surface area contributed by atoms with E-state index in [1.807, 2.05) is 26.0 Å². The Bertz CT molecular complexity index is 877. The number of hydrogen-bond donors (Lipinski definition) is 2. The van der Waals surface area contributed by atoms with Crippen LogP contribution in [0.15, 0.2) is 39.2 Å². The summed E-state index contributed by atoms with van der Waals surface area (Å²) < 4.78 is 15.8. The monoisotopic (exact) mass is 505 g/mol. The molecule has 170 valence electrons. The number of carbonyl (C=O) groups is 1. The molecule has 0 aliphatic heterocycles. The average Bonchev–Trinajstić information content (AvgIpc) is 2.69. The van der Waals surface area contributed by atoms with Crippen molar-refractivity contribution in [3.8, 4) is 0 Å². The van der Waals surface area contributed by atoms with Gasteiger partial charge in [-0.2, -0.15) is 0 Å². The van der Waals surface area contributed by atoms with Gasteiger partial charge in [0.1, 0.15) is 23.3 Å². The Hall–Kier alpha value is -1.21. The molecule has 8 nitrogen and oxygen atoms in total. The predicted octanol–water partition coefficient (Wildman–Crippen LogP) is 5.22. The van der Waals surface area contributed by atoms with Crippen LogP contribution in [0.1, 0.15) is 19.4 Å². The molecule has 1 atom stereocenters. The van der Waals surface area contributed by atoms with E-state index in [1.165, 1.54) is 48.5 Å². The van der Waals surface area contributed by atoms with Crippen LogP contribution in [0.25, 0.3) is 0 Å². The molecule has 0 amide bonds. The molecule has 2 rings (SSSR count). The maximum Gasteiger partial charge on any atom is 0.326 e. The Morgan fingerprint density at radius 3 is 2.16 bits per heavy atom. The number of aromatic nitrogens is 2. The summed E-state index contributed by atoms with van der Waals surface area (Å²) in [7, 11) is 4.76. The molecule has 1 aromatic heterocycles. The van der Waals surface area contributed by atoms with E-state index in [-0.39, 0.29) is 5.15 Å². The fraction of sp³-hybridized carbons (Fsp3) is 0.421. The van der Waals surface area contributed by atoms with Gasteiger partial charge < -0.3 is 23.0 Å². The summed E-state index contributed by atoms with van der Waals surface area (Å²) in [6.07, 6.45) is 1.70. The summed E-state index contributed by atoms with van der Waals surface area (Å²) in [5, 5.41) is 13.2. The lowest BCUT2D eigenvalue weighted by Crippen LogP contribution is -2.44. The molecule has 0 saturated heterocycles. The second-order valence-corrected chi connectivity index (χ2v) is 10.2. The lowest BCUT2D eigenvalue weighted by molar-refractivity contribution is -0.140. The minimum absolute atomic E-state index is 0.225. The number of carboxylic acid groups (broad SMARTS) is 1. The number of benzene rings is 1. The van der Waals surface area contributed by atoms with E-state index >= 15 is 0 Å². The molecule has 1 heterocycles. The smallest absolute Gasteiger partial charge is 0.326 e. The van der Waals surface area contributed by atoms with Gasteiger partial charge in [-0.3, -0.25) is 0 Å². The second kappa shape index (κ2) is 12.1. The van der Waals surface area contributed by atoms with Crippen LogP contribution < -0.4 is 5.32 Å². The van der Waals surface area contributed by atoms with Gasteiger partial charge in [-0.25, -0.2) is 14.8 Å². The topological polar surface area (TPSA) is 103 Å². The number of anilines is 1. The zero-order valence-electron chi connectivity index (χ0n) is 17.7. The lowest BCUT2D eigenvalue weighted by atomic mass is 9.78. The van der Waals surface area contributed by atoms with Gasteiger partial charge in [0, 0.05) is 56.9 Å². The third kappa shape index (κ3) is 7.41. The van der Waals surface area contributed by atoms with Crippen molar-refractivity contribution in [3.63, 3.8) is 0 Å². The Morgan fingerprint density at radius 2 is 1.68 bits per heavy atom. The number of nitrogens with one attached hydrogen (secondary N) is 1. The molecular formula is C19H24ClN3O5S3. The van der Waals surface area contributed by atoms with Gasteiger partial charge in [0.25, 0.3) is 0 Å². The second-order valence-electron chi connectivity index (χ2n) is 6.96. The minimum Gasteiger partial charge on any atom is -0.480 e. The quantitative estimate of drug-likeness (QED) is 0.293. The maximum atomic E-state index is 12.2. The van der Waals surface area contributed by atoms with Crippen molar-refractivity contribution in [1.82, 2.24) is 9.97 Å². The highest BCUT2D eigenvalue weighted by molar-refractivity contribution is 7.96. The summed E-state index contributed by atoms with van der Waals surface area (Å²) in [4.78, 5) is 22.7. The number of nitrogens with zero attached hydrogens (tertiary/aromatic N) is 2. The Kier molecular flexibility index (Phi) is 10.2. The fourth-order valence-electron chi connectivity index (χ4n) is 2.95. The van der Waals surface area contributed by atoms with Gasteiger partial charge >= 0.3 is 5.97 Å². The van der Waals surface area contributed by atoms with Gasteiger partial charge in [0.05, 0.1) is 21.3 Å². The normalized spacial score (nSPS) is 12.6. The summed E-state index contributed by atoms with van der Waals surface area (Å²) in [5.74, 6) is -0.668. The first kappa shape index (κ1) is 26.0. The van der Waals surface area contributed by atoms with Crippen LogP contribution in [-0.2, 0) is 23.8 Å². The molecular weight excluding hydrogens is 482 g/mol. The van der Waals surface area contributed by atoms with E-state index < -0.39 is 17.4 Å². The third-order valence-electron chi connectivity index (χ3n) is 4.25. The fourth-order valence-corrected chi connectivity index (χ4v) is 5.11. The highest BCUT2D eigenvalue weighted by atomic mass is 35.5. The molecule has 1 aromatic carbocycles. The first-order valence-corrected chi connectivity index (χ1v) is 11.6. The van der Waals surface area contributed by atoms with Crippen molar-refractivity contribution in [2.75, 3.05) is 26.6 Å². The van der Waals surface area contributed by atoms with Crippen LogP contribution >= 0.6 is 47.7 Å². The Balaban J connectivity index is 2.44. The van der Waals surface area contributed by atoms with E-state index in [1.54, 1.807) is 21.3 Å². The maximum absolute atomic E-state index is 12.2. The van der Waals surface area contributed by atoms with Gasteiger partial charge in [0.15, 0.2) is 0 Å². The summed E-state index contributed by atoms with van der Waals surface area (Å²) >= 11 is 9.55. The zero-order chi connectivity index (χ0) is 23.0. The molecule has 0 spiro atoms. The van der Waals surface area contributed by atoms with Crippen LogP contribution in [0, 0.1) is 5.41 Å². The van der Waals surface area contributed by atoms with E-state index in [2.05, 4.69) is 15.3 Å². The number of hydrogen-bond acceptors (Lipinski definition) is 10. The van der Waals surface area contributed by atoms with Gasteiger partial charge in [-0.1, -0.05) is 25.4 Å². The van der Waals surface area contributed by atoms with Crippen molar-refractivity contribution in [2.24, 2.45) is 5.41 Å². The molecule has 0 aliphatic carbocycles. The summed E-state index contributed by atoms with van der Waals surface area (Å²) in [6.45, 7) is 3.75. The van der Waals surface area contributed by atoms with Gasteiger partial charge in [-0.15, -0.1) is 0 Å². The molecule has 0 aliphatic rings. The third-order valence-corrected chi connectivity index (χ3v) is 6.48. The largest absolute Gasteiger partial charge is 0.480 e. The van der Waals surface area contributed by atoms with Crippen molar-refractivity contribution in [3.05, 3.63) is 35.2 Å². The highest BCUT2D eigenvalue weighted by Crippen LogP contribution is 2.41. The van der Waals surface area contributed by atoms with E-state index in [4.69, 9.17) is 24.2 Å². The van der Waals surface area contributed by atoms with Crippen LogP contribution in [0.5, 0.6) is 0 Å². The van der Waals surface area contributed by atoms with Crippen LogP contribution in [-0.4, -0.2) is 48.4 Å². The summed E-state index contributed by atoms with van der Waals surface area (Å²) in [6, 6.07) is 4.43. The van der Waals surface area contributed by atoms with E-state index in [0.717, 1.165) is 20.2 Å². The van der Waals surface area contributed by atoms with Crippen molar-refractivity contribution in [1.29, 1.82) is 0 Å². The molecule has 2 N–H and O–H groups in total. The first-order valence-electron chi connectivity index (χ1n) is 8.97. The van der Waals surface area contributed by atoms with Crippen molar-refractivity contribution in [2.45, 2.75) is 41.0 Å². The number of carboxylic acids is 1. The molecule has 0 unspecified atom stereocenters. The lowest BCUT2D eigenvalue weighted by Gasteiger charge is -2.33. The SMILES string of the molecule is COSc1cc(SOC)c(CC(C)(C)[C@@H](Nc2cc(Cl)ncn2)C(=O)O)c(SOC)c1. The molecule has 31 heavy (non-hydrogen) atoms.